The van der Waals surface area contributed by atoms with Crippen molar-refractivity contribution in [1.82, 2.24) is 9.99 Å². The molecule has 2 heterocycles. The second-order valence-corrected chi connectivity index (χ2v) is 4.52. The largest absolute Gasteiger partial charge is 0.378 e. The fraction of sp³-hybridized carbons (Fsp3) is 0.357. The predicted molar refractivity (Wildman–Crippen MR) is 73.0 cm³/mol. The minimum atomic E-state index is 0.768. The highest BCUT2D eigenvalue weighted by atomic mass is 16.5. The molecular formula is C14H17N3O. The van der Waals surface area contributed by atoms with Gasteiger partial charge < -0.3 is 9.72 Å². The van der Waals surface area contributed by atoms with Crippen LogP contribution in [-0.4, -0.2) is 42.5 Å². The first-order chi connectivity index (χ1) is 8.84. The molecule has 1 aliphatic rings. The van der Waals surface area contributed by atoms with Crippen LogP contribution in [0.3, 0.4) is 0 Å². The average molecular weight is 243 g/mol. The molecule has 1 fully saturated rings. The van der Waals surface area contributed by atoms with Crippen molar-refractivity contribution in [3.05, 3.63) is 35.5 Å². The molecule has 0 unspecified atom stereocenters. The Morgan fingerprint density at radius 1 is 1.28 bits per heavy atom. The Kier molecular flexibility index (Phi) is 3.02. The van der Waals surface area contributed by atoms with E-state index >= 15 is 0 Å². The summed E-state index contributed by atoms with van der Waals surface area (Å²) in [5.74, 6) is 0. The molecule has 1 N–H and O–H groups in total. The van der Waals surface area contributed by atoms with E-state index < -0.39 is 0 Å². The lowest BCUT2D eigenvalue weighted by molar-refractivity contribution is 0.0397. The van der Waals surface area contributed by atoms with Crippen molar-refractivity contribution in [2.75, 3.05) is 26.3 Å². The van der Waals surface area contributed by atoms with Gasteiger partial charge in [0.05, 0.1) is 32.5 Å². The summed E-state index contributed by atoms with van der Waals surface area (Å²) in [7, 11) is 0. The van der Waals surface area contributed by atoms with Crippen molar-refractivity contribution in [1.29, 1.82) is 0 Å². The number of aromatic amines is 1. The highest BCUT2D eigenvalue weighted by molar-refractivity contribution is 6.00. The van der Waals surface area contributed by atoms with E-state index in [0.29, 0.717) is 0 Å². The topological polar surface area (TPSA) is 40.6 Å². The lowest BCUT2D eigenvalue weighted by Crippen LogP contribution is -2.32. The van der Waals surface area contributed by atoms with Gasteiger partial charge in [0.2, 0.25) is 0 Å². The summed E-state index contributed by atoms with van der Waals surface area (Å²) in [6.45, 7) is 5.37. The van der Waals surface area contributed by atoms with Crippen molar-refractivity contribution < 1.29 is 4.74 Å². The average Bonchev–Trinajstić information content (AvgIpc) is 2.73. The summed E-state index contributed by atoms with van der Waals surface area (Å²) in [5, 5.41) is 7.83. The first-order valence-electron chi connectivity index (χ1n) is 6.28. The number of nitrogens with zero attached hydrogens (tertiary/aromatic N) is 2. The van der Waals surface area contributed by atoms with E-state index in [9.17, 15) is 0 Å². The molecule has 1 aliphatic heterocycles. The van der Waals surface area contributed by atoms with Crippen LogP contribution in [0, 0.1) is 6.92 Å². The number of hydrogen-bond donors (Lipinski definition) is 1. The van der Waals surface area contributed by atoms with E-state index in [0.717, 1.165) is 32.0 Å². The molecule has 94 valence electrons. The number of aromatic nitrogens is 1. The summed E-state index contributed by atoms with van der Waals surface area (Å²) < 4.78 is 5.31. The zero-order valence-electron chi connectivity index (χ0n) is 10.5. The first kappa shape index (κ1) is 11.3. The molecular weight excluding hydrogens is 226 g/mol. The zero-order chi connectivity index (χ0) is 12.4. The van der Waals surface area contributed by atoms with Crippen LogP contribution in [0.5, 0.6) is 0 Å². The first-order valence-corrected chi connectivity index (χ1v) is 6.28. The highest BCUT2D eigenvalue weighted by Gasteiger charge is 2.08. The molecule has 2 aromatic rings. The molecule has 1 saturated heterocycles. The predicted octanol–water partition coefficient (Wildman–Crippen LogP) is 2.14. The third kappa shape index (κ3) is 2.11. The van der Waals surface area contributed by atoms with Crippen LogP contribution in [0.1, 0.15) is 11.3 Å². The summed E-state index contributed by atoms with van der Waals surface area (Å²) in [4.78, 5) is 3.38. The summed E-state index contributed by atoms with van der Waals surface area (Å²) in [5.41, 5.74) is 3.50. The van der Waals surface area contributed by atoms with Crippen LogP contribution in [0.4, 0.5) is 0 Å². The van der Waals surface area contributed by atoms with Crippen LogP contribution < -0.4 is 0 Å². The molecule has 18 heavy (non-hydrogen) atoms. The zero-order valence-corrected chi connectivity index (χ0v) is 10.5. The fourth-order valence-electron chi connectivity index (χ4n) is 2.27. The molecule has 4 heteroatoms. The quantitative estimate of drug-likeness (QED) is 0.821. The number of para-hydroxylation sites is 1. The normalized spacial score (nSPS) is 16.8. The van der Waals surface area contributed by atoms with Crippen molar-refractivity contribution in [2.24, 2.45) is 5.10 Å². The van der Waals surface area contributed by atoms with Gasteiger partial charge in [0.15, 0.2) is 0 Å². The second kappa shape index (κ2) is 4.82. The lowest BCUT2D eigenvalue weighted by atomic mass is 10.1. The Morgan fingerprint density at radius 2 is 2.06 bits per heavy atom. The standard InChI is InChI=1S/C14H17N3O/c1-11-13(10-15-17-6-8-18-9-7-17)12-4-2-3-5-14(12)16-11/h2-5,10,16H,6-9H2,1H3/b15-10+. The van der Waals surface area contributed by atoms with E-state index in [1.807, 2.05) is 12.3 Å². The molecule has 0 spiro atoms. The smallest absolute Gasteiger partial charge is 0.0659 e. The van der Waals surface area contributed by atoms with Gasteiger partial charge in [-0.1, -0.05) is 18.2 Å². The van der Waals surface area contributed by atoms with Gasteiger partial charge in [-0.05, 0) is 13.0 Å². The van der Waals surface area contributed by atoms with E-state index in [1.165, 1.54) is 16.5 Å². The Bertz CT molecular complexity index is 567. The summed E-state index contributed by atoms with van der Waals surface area (Å²) >= 11 is 0. The van der Waals surface area contributed by atoms with Gasteiger partial charge in [-0.25, -0.2) is 0 Å². The maximum Gasteiger partial charge on any atom is 0.0659 e. The van der Waals surface area contributed by atoms with Crippen LogP contribution in [0.2, 0.25) is 0 Å². The van der Waals surface area contributed by atoms with Gasteiger partial charge >= 0.3 is 0 Å². The lowest BCUT2D eigenvalue weighted by Gasteiger charge is -2.23. The Balaban J connectivity index is 1.89. The van der Waals surface area contributed by atoms with Crippen LogP contribution in [-0.2, 0) is 4.74 Å². The summed E-state index contributed by atoms with van der Waals surface area (Å²) in [6, 6.07) is 8.32. The summed E-state index contributed by atoms with van der Waals surface area (Å²) in [6.07, 6.45) is 1.96. The molecule has 1 aromatic heterocycles. The molecule has 1 aromatic carbocycles. The maximum atomic E-state index is 5.31. The number of morpholine rings is 1. The Hall–Kier alpha value is -1.81. The molecule has 0 amide bonds. The van der Waals surface area contributed by atoms with Crippen molar-refractivity contribution in [3.8, 4) is 0 Å². The number of rotatable bonds is 2. The number of ether oxygens (including phenoxy) is 1. The van der Waals surface area contributed by atoms with Gasteiger partial charge in [-0.3, -0.25) is 5.01 Å². The van der Waals surface area contributed by atoms with Crippen LogP contribution in [0.25, 0.3) is 10.9 Å². The Labute approximate surface area is 106 Å². The van der Waals surface area contributed by atoms with Gasteiger partial charge in [0.25, 0.3) is 0 Å². The minimum absolute atomic E-state index is 0.768. The number of H-pyrrole nitrogens is 1. The highest BCUT2D eigenvalue weighted by Crippen LogP contribution is 2.20. The molecule has 0 radical (unpaired) electrons. The SMILES string of the molecule is Cc1[nH]c2ccccc2c1/C=N/N1CCOCC1. The van der Waals surface area contributed by atoms with Crippen LogP contribution >= 0.6 is 0 Å². The molecule has 3 rings (SSSR count). The molecule has 0 bridgehead atoms. The molecule has 0 saturated carbocycles. The Morgan fingerprint density at radius 3 is 2.89 bits per heavy atom. The maximum absolute atomic E-state index is 5.31. The second-order valence-electron chi connectivity index (χ2n) is 4.52. The molecule has 4 nitrogen and oxygen atoms in total. The van der Waals surface area contributed by atoms with Crippen molar-refractivity contribution >= 4 is 17.1 Å². The van der Waals surface area contributed by atoms with E-state index in [-0.39, 0.29) is 0 Å². The molecule has 0 aliphatic carbocycles. The third-order valence-electron chi connectivity index (χ3n) is 3.28. The van der Waals surface area contributed by atoms with Gasteiger partial charge in [-0.15, -0.1) is 0 Å². The van der Waals surface area contributed by atoms with Gasteiger partial charge in [0.1, 0.15) is 0 Å². The number of nitrogens with one attached hydrogen (secondary N) is 1. The van der Waals surface area contributed by atoms with Crippen molar-refractivity contribution in [2.45, 2.75) is 6.92 Å². The van der Waals surface area contributed by atoms with E-state index in [4.69, 9.17) is 4.74 Å². The number of aryl methyl sites for hydroxylation is 1. The van der Waals surface area contributed by atoms with E-state index in [1.54, 1.807) is 0 Å². The van der Waals surface area contributed by atoms with E-state index in [2.05, 4.69) is 40.2 Å². The number of fused-ring (bicyclic) bond motifs is 1. The van der Waals surface area contributed by atoms with Crippen molar-refractivity contribution in [3.63, 3.8) is 0 Å². The number of hydrazone groups is 1. The number of hydrogen-bond acceptors (Lipinski definition) is 3. The minimum Gasteiger partial charge on any atom is -0.378 e. The van der Waals surface area contributed by atoms with Gasteiger partial charge in [-0.2, -0.15) is 5.10 Å². The van der Waals surface area contributed by atoms with Crippen LogP contribution in [0.15, 0.2) is 29.4 Å². The third-order valence-corrected chi connectivity index (χ3v) is 3.28. The van der Waals surface area contributed by atoms with Gasteiger partial charge in [0, 0.05) is 22.2 Å². The fourth-order valence-corrected chi connectivity index (χ4v) is 2.27. The monoisotopic (exact) mass is 243 g/mol. The number of benzene rings is 1. The molecule has 0 atom stereocenters.